The number of aliphatic hydroxyl groups is 1. The van der Waals surface area contributed by atoms with E-state index in [0.29, 0.717) is 36.6 Å². The summed E-state index contributed by atoms with van der Waals surface area (Å²) in [5, 5.41) is 10.2. The van der Waals surface area contributed by atoms with Crippen molar-refractivity contribution < 1.29 is 31.4 Å². The van der Waals surface area contributed by atoms with Gasteiger partial charge in [-0.25, -0.2) is 0 Å². The third kappa shape index (κ3) is 7.91. The van der Waals surface area contributed by atoms with E-state index in [2.05, 4.69) is 25.9 Å². The van der Waals surface area contributed by atoms with Crippen molar-refractivity contribution in [2.75, 3.05) is 11.4 Å². The standard InChI is InChI=1S/C17H16F6N2O.C6H6BrN.BrH/c1-2-25(11-13-5-3-4-10-24-13)14-8-6-12(7-9-14)15(26,16(18,19)20)17(21,22)23;7-5-6-3-1-2-4-8-6;/h3-10,26H,2,11H2,1H3;1-4H,5H2;1H. The van der Waals surface area contributed by atoms with Gasteiger partial charge < -0.3 is 10.0 Å². The molecular formula is C23H23Br2F6N3O. The Morgan fingerprint density at radius 2 is 1.29 bits per heavy atom. The van der Waals surface area contributed by atoms with Crippen molar-refractivity contribution >= 4 is 38.6 Å². The van der Waals surface area contributed by atoms with Gasteiger partial charge in [0.2, 0.25) is 0 Å². The molecule has 0 spiro atoms. The summed E-state index contributed by atoms with van der Waals surface area (Å²) >= 11 is 3.29. The fourth-order valence-corrected chi connectivity index (χ4v) is 3.28. The van der Waals surface area contributed by atoms with Gasteiger partial charge in [-0.1, -0.05) is 40.2 Å². The summed E-state index contributed by atoms with van der Waals surface area (Å²) in [6.45, 7) is 2.58. The predicted octanol–water partition coefficient (Wildman–Crippen LogP) is 6.97. The van der Waals surface area contributed by atoms with Crippen molar-refractivity contribution in [3.05, 3.63) is 90.0 Å². The Hall–Kier alpha value is -2.18. The van der Waals surface area contributed by atoms with Gasteiger partial charge in [-0.3, -0.25) is 9.97 Å². The summed E-state index contributed by atoms with van der Waals surface area (Å²) in [5.41, 5.74) is -4.02. The van der Waals surface area contributed by atoms with Crippen LogP contribution < -0.4 is 4.90 Å². The number of anilines is 1. The van der Waals surface area contributed by atoms with Crippen LogP contribution in [0.15, 0.2) is 73.1 Å². The predicted molar refractivity (Wildman–Crippen MR) is 131 cm³/mol. The Labute approximate surface area is 217 Å². The van der Waals surface area contributed by atoms with Crippen LogP contribution in [0.5, 0.6) is 0 Å². The number of alkyl halides is 7. The molecule has 3 aromatic rings. The van der Waals surface area contributed by atoms with Crippen LogP contribution in [-0.2, 0) is 17.5 Å². The highest BCUT2D eigenvalue weighted by Gasteiger charge is 2.71. The van der Waals surface area contributed by atoms with E-state index in [1.807, 2.05) is 18.2 Å². The van der Waals surface area contributed by atoms with Crippen LogP contribution in [0.3, 0.4) is 0 Å². The molecule has 0 fully saturated rings. The summed E-state index contributed by atoms with van der Waals surface area (Å²) in [7, 11) is 0. The quantitative estimate of drug-likeness (QED) is 0.236. The minimum Gasteiger partial charge on any atom is -0.369 e. The molecule has 12 heteroatoms. The van der Waals surface area contributed by atoms with E-state index in [9.17, 15) is 31.4 Å². The Morgan fingerprint density at radius 1 is 0.800 bits per heavy atom. The fraction of sp³-hybridized carbons (Fsp3) is 0.304. The average Bonchev–Trinajstić information content (AvgIpc) is 2.82. The van der Waals surface area contributed by atoms with Crippen molar-refractivity contribution in [2.24, 2.45) is 0 Å². The normalized spacial score (nSPS) is 11.7. The summed E-state index contributed by atoms with van der Waals surface area (Å²) in [6.07, 6.45) is -8.42. The van der Waals surface area contributed by atoms with Gasteiger partial charge in [0.25, 0.3) is 5.60 Å². The van der Waals surface area contributed by atoms with Gasteiger partial charge in [0.1, 0.15) is 0 Å². The number of rotatable bonds is 6. The van der Waals surface area contributed by atoms with Crippen LogP contribution in [0.2, 0.25) is 0 Å². The molecule has 0 atom stereocenters. The van der Waals surface area contributed by atoms with Crippen LogP contribution >= 0.6 is 32.9 Å². The molecule has 0 amide bonds. The topological polar surface area (TPSA) is 49.2 Å². The lowest BCUT2D eigenvalue weighted by molar-refractivity contribution is -0.376. The number of pyridine rings is 2. The number of halogens is 8. The zero-order valence-electron chi connectivity index (χ0n) is 18.4. The van der Waals surface area contributed by atoms with Crippen molar-refractivity contribution in [2.45, 2.75) is 36.8 Å². The largest absolute Gasteiger partial charge is 0.430 e. The third-order valence-corrected chi connectivity index (χ3v) is 5.37. The Kier molecular flexibility index (Phi) is 11.7. The van der Waals surface area contributed by atoms with Crippen LogP contribution in [0.1, 0.15) is 23.9 Å². The Balaban J connectivity index is 0.000000577. The number of benzene rings is 1. The molecule has 0 radical (unpaired) electrons. The number of hydrogen-bond donors (Lipinski definition) is 1. The molecule has 4 nitrogen and oxygen atoms in total. The molecule has 192 valence electrons. The minimum absolute atomic E-state index is 0. The lowest BCUT2D eigenvalue weighted by Crippen LogP contribution is -2.53. The molecule has 1 N–H and O–H groups in total. The molecule has 0 bridgehead atoms. The molecule has 0 unspecified atom stereocenters. The van der Waals surface area contributed by atoms with Gasteiger partial charge in [0.15, 0.2) is 0 Å². The van der Waals surface area contributed by atoms with E-state index in [-0.39, 0.29) is 17.0 Å². The van der Waals surface area contributed by atoms with E-state index in [0.717, 1.165) is 23.2 Å². The first-order chi connectivity index (χ1) is 15.9. The van der Waals surface area contributed by atoms with Gasteiger partial charge in [-0.2, -0.15) is 26.3 Å². The summed E-state index contributed by atoms with van der Waals surface area (Å²) in [4.78, 5) is 9.91. The van der Waals surface area contributed by atoms with E-state index >= 15 is 0 Å². The first-order valence-electron chi connectivity index (χ1n) is 10.0. The number of nitrogens with zero attached hydrogens (tertiary/aromatic N) is 3. The van der Waals surface area contributed by atoms with Crippen molar-refractivity contribution in [1.29, 1.82) is 0 Å². The Bertz CT molecular complexity index is 990. The van der Waals surface area contributed by atoms with E-state index in [1.54, 1.807) is 42.4 Å². The van der Waals surface area contributed by atoms with Crippen LogP contribution in [0.4, 0.5) is 32.0 Å². The summed E-state index contributed by atoms with van der Waals surface area (Å²) < 4.78 is 77.5. The molecule has 0 aliphatic heterocycles. The molecule has 3 rings (SSSR count). The van der Waals surface area contributed by atoms with Gasteiger partial charge >= 0.3 is 12.4 Å². The lowest BCUT2D eigenvalue weighted by atomic mass is 9.92. The first-order valence-corrected chi connectivity index (χ1v) is 11.1. The second-order valence-corrected chi connectivity index (χ2v) is 7.60. The maximum atomic E-state index is 12.9. The van der Waals surface area contributed by atoms with Gasteiger partial charge in [0, 0.05) is 35.5 Å². The minimum atomic E-state index is -5.90. The SMILES string of the molecule is Br.BrCc1ccccn1.CCN(Cc1ccccn1)c1ccc(C(O)(C(F)(F)F)C(F)(F)F)cc1. The Morgan fingerprint density at radius 3 is 1.63 bits per heavy atom. The van der Waals surface area contributed by atoms with E-state index in [4.69, 9.17) is 0 Å². The third-order valence-electron chi connectivity index (χ3n) is 4.79. The van der Waals surface area contributed by atoms with Crippen LogP contribution in [0.25, 0.3) is 0 Å². The average molecular weight is 631 g/mol. The molecule has 0 aliphatic rings. The van der Waals surface area contributed by atoms with Crippen LogP contribution in [0, 0.1) is 0 Å². The monoisotopic (exact) mass is 629 g/mol. The molecule has 2 aromatic heterocycles. The highest BCUT2D eigenvalue weighted by Crippen LogP contribution is 2.50. The highest BCUT2D eigenvalue weighted by atomic mass is 79.9. The van der Waals surface area contributed by atoms with E-state index < -0.39 is 23.5 Å². The zero-order valence-corrected chi connectivity index (χ0v) is 21.7. The molecule has 35 heavy (non-hydrogen) atoms. The van der Waals surface area contributed by atoms with Gasteiger partial charge in [-0.15, -0.1) is 17.0 Å². The molecule has 2 heterocycles. The van der Waals surface area contributed by atoms with Crippen molar-refractivity contribution in [3.63, 3.8) is 0 Å². The summed E-state index contributed by atoms with van der Waals surface area (Å²) in [6, 6.07) is 14.6. The van der Waals surface area contributed by atoms with Crippen molar-refractivity contribution in [1.82, 2.24) is 9.97 Å². The summed E-state index contributed by atoms with van der Waals surface area (Å²) in [5.74, 6) is 0. The zero-order chi connectivity index (χ0) is 25.4. The number of aromatic nitrogens is 2. The first kappa shape index (κ1) is 30.9. The number of hydrogen-bond acceptors (Lipinski definition) is 4. The van der Waals surface area contributed by atoms with Gasteiger partial charge in [-0.05, 0) is 43.3 Å². The van der Waals surface area contributed by atoms with Crippen molar-refractivity contribution in [3.8, 4) is 0 Å². The van der Waals surface area contributed by atoms with Crippen LogP contribution in [-0.4, -0.2) is 34.0 Å². The van der Waals surface area contributed by atoms with Gasteiger partial charge in [0.05, 0.1) is 17.9 Å². The maximum Gasteiger partial charge on any atom is 0.430 e. The molecule has 0 saturated heterocycles. The fourth-order valence-electron chi connectivity index (χ4n) is 2.95. The second kappa shape index (κ2) is 13.2. The molecular weight excluding hydrogens is 608 g/mol. The molecule has 1 aromatic carbocycles. The smallest absolute Gasteiger partial charge is 0.369 e. The second-order valence-electron chi connectivity index (χ2n) is 7.04. The molecule has 0 saturated carbocycles. The highest BCUT2D eigenvalue weighted by molar-refractivity contribution is 9.08. The lowest BCUT2D eigenvalue weighted by Gasteiger charge is -2.33. The maximum absolute atomic E-state index is 12.9. The van der Waals surface area contributed by atoms with E-state index in [1.165, 1.54) is 0 Å². The molecule has 0 aliphatic carbocycles.